The number of hydrogen-bond acceptors (Lipinski definition) is 1. The predicted molar refractivity (Wildman–Crippen MR) is 97.8 cm³/mol. The molecule has 4 nitrogen and oxygen atoms in total. The van der Waals surface area contributed by atoms with Gasteiger partial charge in [-0.2, -0.15) is 0 Å². The number of fused-ring (bicyclic) bond motifs is 3. The molecule has 0 fully saturated rings. The average molecular weight is 360 g/mol. The van der Waals surface area contributed by atoms with Gasteiger partial charge < -0.3 is 15.2 Å². The smallest absolute Gasteiger partial charge is 0.322 e. The third-order valence-electron chi connectivity index (χ3n) is 4.31. The molecule has 6 heteroatoms. The summed E-state index contributed by atoms with van der Waals surface area (Å²) in [5, 5.41) is 4.99. The lowest BCUT2D eigenvalue weighted by Crippen LogP contribution is -2.30. The Labute approximate surface area is 149 Å². The second kappa shape index (κ2) is 5.72. The van der Waals surface area contributed by atoms with Crippen molar-refractivity contribution in [3.8, 4) is 0 Å². The van der Waals surface area contributed by atoms with Crippen LogP contribution in [0.3, 0.4) is 0 Å². The molecule has 0 spiro atoms. The van der Waals surface area contributed by atoms with Crippen LogP contribution in [0.15, 0.2) is 36.4 Å². The van der Waals surface area contributed by atoms with Gasteiger partial charge in [0.15, 0.2) is 0 Å². The molecule has 4 rings (SSSR count). The van der Waals surface area contributed by atoms with Gasteiger partial charge in [-0.05, 0) is 37.3 Å². The molecule has 2 aromatic carbocycles. The van der Waals surface area contributed by atoms with Crippen molar-refractivity contribution in [3.05, 3.63) is 63.3 Å². The van der Waals surface area contributed by atoms with Crippen molar-refractivity contribution in [1.29, 1.82) is 0 Å². The molecule has 0 bridgehead atoms. The van der Waals surface area contributed by atoms with Crippen molar-refractivity contribution in [2.24, 2.45) is 0 Å². The van der Waals surface area contributed by atoms with E-state index >= 15 is 0 Å². The van der Waals surface area contributed by atoms with E-state index < -0.39 is 0 Å². The molecule has 24 heavy (non-hydrogen) atoms. The van der Waals surface area contributed by atoms with Crippen molar-refractivity contribution in [3.63, 3.8) is 0 Å². The van der Waals surface area contributed by atoms with Gasteiger partial charge in [0, 0.05) is 27.2 Å². The Balaban J connectivity index is 1.55. The molecule has 2 heterocycles. The number of amides is 2. The number of aryl methyl sites for hydroxylation is 1. The zero-order valence-electron chi connectivity index (χ0n) is 13.0. The minimum atomic E-state index is -0.176. The third-order valence-corrected chi connectivity index (χ3v) is 4.86. The quantitative estimate of drug-likeness (QED) is 0.605. The maximum atomic E-state index is 12.5. The molecule has 122 valence electrons. The number of hydrogen-bond donors (Lipinski definition) is 2. The maximum absolute atomic E-state index is 12.5. The zero-order valence-corrected chi connectivity index (χ0v) is 14.5. The molecular weight excluding hydrogens is 345 g/mol. The number of H-pyrrole nitrogens is 1. The Bertz CT molecular complexity index is 964. The Morgan fingerprint density at radius 1 is 1.17 bits per heavy atom. The summed E-state index contributed by atoms with van der Waals surface area (Å²) in [6, 6.07) is 11.2. The average Bonchev–Trinajstić information content (AvgIpc) is 3.08. The van der Waals surface area contributed by atoms with Crippen molar-refractivity contribution in [2.45, 2.75) is 20.0 Å². The number of urea groups is 1. The largest absolute Gasteiger partial charge is 0.357 e. The Morgan fingerprint density at radius 3 is 2.79 bits per heavy atom. The summed E-state index contributed by atoms with van der Waals surface area (Å²) in [4.78, 5) is 17.7. The number of carbonyl (C=O) groups excluding carboxylic acids is 1. The summed E-state index contributed by atoms with van der Waals surface area (Å²) in [5.41, 5.74) is 5.16. The molecule has 1 aliphatic heterocycles. The first-order chi connectivity index (χ1) is 11.5. The van der Waals surface area contributed by atoms with Crippen molar-refractivity contribution >= 4 is 45.8 Å². The van der Waals surface area contributed by atoms with Crippen molar-refractivity contribution in [2.75, 3.05) is 5.32 Å². The molecule has 1 aliphatic rings. The van der Waals surface area contributed by atoms with Gasteiger partial charge in [0.05, 0.1) is 23.8 Å². The van der Waals surface area contributed by atoms with E-state index in [4.69, 9.17) is 23.2 Å². The molecule has 0 saturated carbocycles. The highest BCUT2D eigenvalue weighted by Crippen LogP contribution is 2.32. The molecule has 3 aromatic rings. The first kappa shape index (κ1) is 15.4. The van der Waals surface area contributed by atoms with E-state index in [1.54, 1.807) is 23.1 Å². The number of aromatic nitrogens is 1. The van der Waals surface area contributed by atoms with Crippen molar-refractivity contribution in [1.82, 2.24) is 9.88 Å². The van der Waals surface area contributed by atoms with Gasteiger partial charge in [0.2, 0.25) is 0 Å². The summed E-state index contributed by atoms with van der Waals surface area (Å²) in [7, 11) is 0. The standard InChI is InChI=1S/C18H15Cl2N3O/c1-10-2-4-15-12(6-10)13-8-23(9-17(13)21-15)18(24)22-16-5-3-11(19)7-14(16)20/h2-7,21H,8-9H2,1H3,(H,22,24). The highest BCUT2D eigenvalue weighted by atomic mass is 35.5. The highest BCUT2D eigenvalue weighted by molar-refractivity contribution is 6.36. The molecule has 2 N–H and O–H groups in total. The second-order valence-corrected chi connectivity index (χ2v) is 6.89. The van der Waals surface area contributed by atoms with Crippen LogP contribution in [0.25, 0.3) is 10.9 Å². The number of halogens is 2. The molecule has 0 aliphatic carbocycles. The van der Waals surface area contributed by atoms with E-state index in [2.05, 4.69) is 35.4 Å². The molecule has 0 atom stereocenters. The molecule has 0 unspecified atom stereocenters. The van der Waals surface area contributed by atoms with Crippen LogP contribution in [0.2, 0.25) is 10.0 Å². The van der Waals surface area contributed by atoms with Gasteiger partial charge >= 0.3 is 6.03 Å². The van der Waals surface area contributed by atoms with Crippen molar-refractivity contribution < 1.29 is 4.79 Å². The number of nitrogens with zero attached hydrogens (tertiary/aromatic N) is 1. The van der Waals surface area contributed by atoms with Crippen LogP contribution in [-0.4, -0.2) is 15.9 Å². The summed E-state index contributed by atoms with van der Waals surface area (Å²) in [6.45, 7) is 3.21. The minimum absolute atomic E-state index is 0.176. The number of rotatable bonds is 1. The Hall–Kier alpha value is -2.17. The van der Waals surface area contributed by atoms with E-state index in [9.17, 15) is 4.79 Å². The fraction of sp³-hybridized carbons (Fsp3) is 0.167. The Kier molecular flexibility index (Phi) is 3.66. The summed E-state index contributed by atoms with van der Waals surface area (Å²) in [6.07, 6.45) is 0. The normalized spacial score (nSPS) is 13.4. The van der Waals surface area contributed by atoms with Gasteiger partial charge in [-0.3, -0.25) is 0 Å². The fourth-order valence-electron chi connectivity index (χ4n) is 3.10. The Morgan fingerprint density at radius 2 is 2.00 bits per heavy atom. The highest BCUT2D eigenvalue weighted by Gasteiger charge is 2.27. The monoisotopic (exact) mass is 359 g/mol. The first-order valence-corrected chi connectivity index (χ1v) is 8.38. The van der Waals surface area contributed by atoms with E-state index in [1.165, 1.54) is 16.5 Å². The molecule has 2 amide bonds. The lowest BCUT2D eigenvalue weighted by atomic mass is 10.1. The lowest BCUT2D eigenvalue weighted by molar-refractivity contribution is 0.212. The fourth-order valence-corrected chi connectivity index (χ4v) is 3.55. The van der Waals surface area contributed by atoms with E-state index in [0.29, 0.717) is 28.8 Å². The van der Waals surface area contributed by atoms with Crippen LogP contribution in [0, 0.1) is 6.92 Å². The van der Waals surface area contributed by atoms with E-state index in [-0.39, 0.29) is 6.03 Å². The van der Waals surface area contributed by atoms with Gasteiger partial charge in [-0.25, -0.2) is 4.79 Å². The number of nitrogens with one attached hydrogen (secondary N) is 2. The number of aromatic amines is 1. The van der Waals surface area contributed by atoms with Gasteiger partial charge in [0.25, 0.3) is 0 Å². The number of benzene rings is 2. The number of carbonyl (C=O) groups is 1. The minimum Gasteiger partial charge on any atom is -0.357 e. The second-order valence-electron chi connectivity index (χ2n) is 6.04. The molecule has 1 aromatic heterocycles. The topological polar surface area (TPSA) is 48.1 Å². The van der Waals surface area contributed by atoms with Crippen LogP contribution in [0.1, 0.15) is 16.8 Å². The molecule has 0 saturated heterocycles. The van der Waals surface area contributed by atoms with Gasteiger partial charge in [-0.15, -0.1) is 0 Å². The molecular formula is C18H15Cl2N3O. The SMILES string of the molecule is Cc1ccc2[nH]c3c(c2c1)CN(C(=O)Nc1ccc(Cl)cc1Cl)C3. The zero-order chi connectivity index (χ0) is 16.8. The lowest BCUT2D eigenvalue weighted by Gasteiger charge is -2.17. The maximum Gasteiger partial charge on any atom is 0.322 e. The van der Waals surface area contributed by atoms with E-state index in [0.717, 1.165) is 11.2 Å². The third kappa shape index (κ3) is 2.62. The van der Waals surface area contributed by atoms with Crippen LogP contribution < -0.4 is 5.32 Å². The number of anilines is 1. The van der Waals surface area contributed by atoms with Crippen LogP contribution in [0.4, 0.5) is 10.5 Å². The predicted octanol–water partition coefficient (Wildman–Crippen LogP) is 5.33. The van der Waals surface area contributed by atoms with Crippen LogP contribution in [0.5, 0.6) is 0 Å². The van der Waals surface area contributed by atoms with Gasteiger partial charge in [0.1, 0.15) is 0 Å². The summed E-state index contributed by atoms with van der Waals surface area (Å²) >= 11 is 12.0. The summed E-state index contributed by atoms with van der Waals surface area (Å²) in [5.74, 6) is 0. The van der Waals surface area contributed by atoms with Gasteiger partial charge in [-0.1, -0.05) is 34.8 Å². The van der Waals surface area contributed by atoms with Crippen LogP contribution >= 0.6 is 23.2 Å². The van der Waals surface area contributed by atoms with Crippen LogP contribution in [-0.2, 0) is 13.1 Å². The summed E-state index contributed by atoms with van der Waals surface area (Å²) < 4.78 is 0. The van der Waals surface area contributed by atoms with E-state index in [1.807, 2.05) is 0 Å². The molecule has 0 radical (unpaired) electrons. The first-order valence-electron chi connectivity index (χ1n) is 7.62.